The van der Waals surface area contributed by atoms with Crippen LogP contribution in [0.4, 0.5) is 0 Å². The number of aromatic nitrogens is 3. The second kappa shape index (κ2) is 6.19. The first-order valence-corrected chi connectivity index (χ1v) is 7.93. The zero-order valence-electron chi connectivity index (χ0n) is 12.4. The highest BCUT2D eigenvalue weighted by Gasteiger charge is 2.20. The van der Waals surface area contributed by atoms with Gasteiger partial charge in [0.1, 0.15) is 5.01 Å². The minimum Gasteiger partial charge on any atom is -0.329 e. The van der Waals surface area contributed by atoms with Crippen molar-refractivity contribution >= 4 is 28.3 Å². The Morgan fingerprint density at radius 1 is 1.14 bits per heavy atom. The fraction of sp³-hybridized carbons (Fsp3) is 0.250. The Kier molecular flexibility index (Phi) is 4.11. The first-order chi connectivity index (χ1) is 10.6. The van der Waals surface area contributed by atoms with E-state index in [9.17, 15) is 4.79 Å². The normalized spacial score (nSPS) is 11.0. The van der Waals surface area contributed by atoms with Gasteiger partial charge in [-0.3, -0.25) is 14.8 Å². The summed E-state index contributed by atoms with van der Waals surface area (Å²) < 4.78 is 0. The van der Waals surface area contributed by atoms with Gasteiger partial charge < -0.3 is 4.90 Å². The molecule has 6 heteroatoms. The quantitative estimate of drug-likeness (QED) is 0.742. The molecule has 0 aliphatic heterocycles. The number of thiazole rings is 1. The average Bonchev–Trinajstić information content (AvgIpc) is 3.04. The summed E-state index contributed by atoms with van der Waals surface area (Å²) in [6.45, 7) is 4.53. The summed E-state index contributed by atoms with van der Waals surface area (Å²) in [6, 6.07) is 5.52. The van der Waals surface area contributed by atoms with Gasteiger partial charge >= 0.3 is 0 Å². The average molecular weight is 312 g/mol. The van der Waals surface area contributed by atoms with Crippen LogP contribution in [0.15, 0.2) is 42.2 Å². The molecule has 0 atom stereocenters. The number of fused-ring (bicyclic) bond motifs is 1. The summed E-state index contributed by atoms with van der Waals surface area (Å²) >= 11 is 1.56. The van der Waals surface area contributed by atoms with Crippen LogP contribution in [0.5, 0.6) is 0 Å². The lowest BCUT2D eigenvalue weighted by molar-refractivity contribution is 0.0690. The lowest BCUT2D eigenvalue weighted by Gasteiger charge is -2.26. The predicted octanol–water partition coefficient (Wildman–Crippen LogP) is 3.14. The molecule has 0 aliphatic rings. The molecule has 112 valence electrons. The standard InChI is InChI=1S/C16H16N4OS/c1-11(2)20(10-15-19-7-8-22-15)16(21)12-3-4-13-14(9-12)18-6-5-17-13/h3-9,11H,10H2,1-2H3. The van der Waals surface area contributed by atoms with Gasteiger partial charge in [0.25, 0.3) is 5.91 Å². The van der Waals surface area contributed by atoms with Crippen molar-refractivity contribution in [3.63, 3.8) is 0 Å². The molecule has 0 saturated carbocycles. The molecule has 3 aromatic rings. The Morgan fingerprint density at radius 2 is 1.91 bits per heavy atom. The van der Waals surface area contributed by atoms with Crippen LogP contribution >= 0.6 is 11.3 Å². The van der Waals surface area contributed by atoms with Crippen molar-refractivity contribution < 1.29 is 4.79 Å². The molecule has 5 nitrogen and oxygen atoms in total. The van der Waals surface area contributed by atoms with Crippen LogP contribution in [0.2, 0.25) is 0 Å². The molecule has 0 N–H and O–H groups in total. The van der Waals surface area contributed by atoms with Crippen molar-refractivity contribution in [1.29, 1.82) is 0 Å². The number of benzene rings is 1. The molecule has 0 unspecified atom stereocenters. The summed E-state index contributed by atoms with van der Waals surface area (Å²) in [7, 11) is 0. The fourth-order valence-corrected chi connectivity index (χ4v) is 2.84. The molecule has 0 saturated heterocycles. The number of hydrogen-bond acceptors (Lipinski definition) is 5. The van der Waals surface area contributed by atoms with Crippen LogP contribution in [0.3, 0.4) is 0 Å². The molecule has 0 fully saturated rings. The predicted molar refractivity (Wildman–Crippen MR) is 86.7 cm³/mol. The van der Waals surface area contributed by atoms with Gasteiger partial charge in [-0.25, -0.2) is 4.98 Å². The number of hydrogen-bond donors (Lipinski definition) is 0. The molecule has 2 heterocycles. The number of carbonyl (C=O) groups is 1. The molecule has 0 spiro atoms. The van der Waals surface area contributed by atoms with Crippen LogP contribution in [0.1, 0.15) is 29.2 Å². The zero-order valence-corrected chi connectivity index (χ0v) is 13.2. The Bertz CT molecular complexity index is 786. The molecule has 22 heavy (non-hydrogen) atoms. The summed E-state index contributed by atoms with van der Waals surface area (Å²) in [5, 5.41) is 2.85. The second-order valence-corrected chi connectivity index (χ2v) is 6.19. The maximum Gasteiger partial charge on any atom is 0.254 e. The monoisotopic (exact) mass is 312 g/mol. The Labute approximate surface area is 132 Å². The number of rotatable bonds is 4. The highest BCUT2D eigenvalue weighted by Crippen LogP contribution is 2.17. The van der Waals surface area contributed by atoms with E-state index in [4.69, 9.17) is 0 Å². The van der Waals surface area contributed by atoms with Gasteiger partial charge in [0, 0.05) is 35.6 Å². The van der Waals surface area contributed by atoms with Crippen LogP contribution in [0, 0.1) is 0 Å². The molecule has 2 aromatic heterocycles. The van der Waals surface area contributed by atoms with Gasteiger partial charge in [0.15, 0.2) is 0 Å². The van der Waals surface area contributed by atoms with Gasteiger partial charge in [0.05, 0.1) is 17.6 Å². The van der Waals surface area contributed by atoms with Gasteiger partial charge in [-0.15, -0.1) is 11.3 Å². The van der Waals surface area contributed by atoms with E-state index in [-0.39, 0.29) is 11.9 Å². The lowest BCUT2D eigenvalue weighted by atomic mass is 10.1. The van der Waals surface area contributed by atoms with E-state index >= 15 is 0 Å². The van der Waals surface area contributed by atoms with Crippen LogP contribution in [-0.2, 0) is 6.54 Å². The Hall–Kier alpha value is -2.34. The van der Waals surface area contributed by atoms with Gasteiger partial charge in [-0.2, -0.15) is 0 Å². The van der Waals surface area contributed by atoms with E-state index in [1.54, 1.807) is 42.1 Å². The maximum absolute atomic E-state index is 12.8. The third-order valence-electron chi connectivity index (χ3n) is 3.39. The van der Waals surface area contributed by atoms with Gasteiger partial charge in [-0.05, 0) is 32.0 Å². The molecule has 0 bridgehead atoms. The third kappa shape index (κ3) is 2.96. The smallest absolute Gasteiger partial charge is 0.254 e. The summed E-state index contributed by atoms with van der Waals surface area (Å²) in [6.07, 6.45) is 5.04. The van der Waals surface area contributed by atoms with Crippen LogP contribution in [0.25, 0.3) is 11.0 Å². The van der Waals surface area contributed by atoms with E-state index < -0.39 is 0 Å². The van der Waals surface area contributed by atoms with Crippen molar-refractivity contribution in [1.82, 2.24) is 19.9 Å². The summed E-state index contributed by atoms with van der Waals surface area (Å²) in [4.78, 5) is 27.4. The SMILES string of the molecule is CC(C)N(Cc1nccs1)C(=O)c1ccc2nccnc2c1. The minimum absolute atomic E-state index is 0.0160. The highest BCUT2D eigenvalue weighted by atomic mass is 32.1. The summed E-state index contributed by atoms with van der Waals surface area (Å²) in [5.74, 6) is -0.0160. The van der Waals surface area contributed by atoms with Crippen LogP contribution in [-0.4, -0.2) is 31.8 Å². The van der Waals surface area contributed by atoms with E-state index in [2.05, 4.69) is 15.0 Å². The van der Waals surface area contributed by atoms with E-state index in [1.165, 1.54) is 0 Å². The lowest BCUT2D eigenvalue weighted by Crippen LogP contribution is -2.36. The summed E-state index contributed by atoms with van der Waals surface area (Å²) in [5.41, 5.74) is 2.14. The number of carbonyl (C=O) groups excluding carboxylic acids is 1. The fourth-order valence-electron chi connectivity index (χ4n) is 2.23. The Balaban J connectivity index is 1.91. The second-order valence-electron chi connectivity index (χ2n) is 5.21. The van der Waals surface area contributed by atoms with Gasteiger partial charge in [-0.1, -0.05) is 0 Å². The topological polar surface area (TPSA) is 59.0 Å². The van der Waals surface area contributed by atoms with Crippen molar-refractivity contribution in [2.75, 3.05) is 0 Å². The molecule has 1 amide bonds. The van der Waals surface area contributed by atoms with E-state index in [0.29, 0.717) is 12.1 Å². The molecular formula is C16H16N4OS. The minimum atomic E-state index is -0.0160. The van der Waals surface area contributed by atoms with E-state index in [0.717, 1.165) is 16.0 Å². The van der Waals surface area contributed by atoms with E-state index in [1.807, 2.05) is 30.2 Å². The molecule has 3 rings (SSSR count). The number of amides is 1. The molecular weight excluding hydrogens is 296 g/mol. The third-order valence-corrected chi connectivity index (χ3v) is 4.15. The first kappa shape index (κ1) is 14.6. The van der Waals surface area contributed by atoms with Crippen LogP contribution < -0.4 is 0 Å². The van der Waals surface area contributed by atoms with Crippen molar-refractivity contribution in [2.24, 2.45) is 0 Å². The largest absolute Gasteiger partial charge is 0.329 e. The molecule has 0 radical (unpaired) electrons. The first-order valence-electron chi connectivity index (χ1n) is 7.05. The zero-order chi connectivity index (χ0) is 15.5. The van der Waals surface area contributed by atoms with Crippen molar-refractivity contribution in [3.05, 3.63) is 52.7 Å². The number of nitrogens with zero attached hydrogens (tertiary/aromatic N) is 4. The highest BCUT2D eigenvalue weighted by molar-refractivity contribution is 7.09. The van der Waals surface area contributed by atoms with Crippen molar-refractivity contribution in [2.45, 2.75) is 26.4 Å². The Morgan fingerprint density at radius 3 is 2.59 bits per heavy atom. The molecule has 1 aromatic carbocycles. The van der Waals surface area contributed by atoms with Crippen molar-refractivity contribution in [3.8, 4) is 0 Å². The maximum atomic E-state index is 12.8. The van der Waals surface area contributed by atoms with Gasteiger partial charge in [0.2, 0.25) is 0 Å². The molecule has 0 aliphatic carbocycles.